The van der Waals surface area contributed by atoms with Gasteiger partial charge in [-0.3, -0.25) is 9.69 Å². The first-order valence-electron chi connectivity index (χ1n) is 12.4. The van der Waals surface area contributed by atoms with Crippen molar-refractivity contribution in [2.75, 3.05) is 43.1 Å². The van der Waals surface area contributed by atoms with Crippen LogP contribution >= 0.6 is 13.5 Å². The predicted octanol–water partition coefficient (Wildman–Crippen LogP) is 3.34. The number of likely N-dealkylation sites (tertiary alicyclic amines) is 1. The fourth-order valence-corrected chi connectivity index (χ4v) is 5.01. The van der Waals surface area contributed by atoms with E-state index < -0.39 is 12.0 Å². The van der Waals surface area contributed by atoms with Gasteiger partial charge in [0.15, 0.2) is 0 Å². The van der Waals surface area contributed by atoms with Crippen molar-refractivity contribution in [2.45, 2.75) is 32.0 Å². The Kier molecular flexibility index (Phi) is 8.99. The van der Waals surface area contributed by atoms with Crippen molar-refractivity contribution in [3.8, 4) is 11.3 Å². The number of hydrogen-bond acceptors (Lipinski definition) is 8. The van der Waals surface area contributed by atoms with Gasteiger partial charge < -0.3 is 25.8 Å². The highest BCUT2D eigenvalue weighted by atomic mass is 32.1. The Morgan fingerprint density at radius 2 is 1.97 bits per heavy atom. The van der Waals surface area contributed by atoms with Gasteiger partial charge in [-0.05, 0) is 60.8 Å². The van der Waals surface area contributed by atoms with Gasteiger partial charge in [-0.25, -0.2) is 9.97 Å². The lowest BCUT2D eigenvalue weighted by Crippen LogP contribution is -2.37. The Morgan fingerprint density at radius 1 is 1.14 bits per heavy atom. The zero-order chi connectivity index (χ0) is 24.9. The zero-order valence-electron chi connectivity index (χ0n) is 20.8. The molecule has 2 aliphatic heterocycles. The summed E-state index contributed by atoms with van der Waals surface area (Å²) in [6.07, 6.45) is 3.36. The summed E-state index contributed by atoms with van der Waals surface area (Å²) in [6, 6.07) is 15.8. The first-order chi connectivity index (χ1) is 17.6. The van der Waals surface area contributed by atoms with E-state index in [9.17, 15) is 9.90 Å². The highest BCUT2D eigenvalue weighted by Crippen LogP contribution is 2.27. The van der Waals surface area contributed by atoms with Crippen molar-refractivity contribution in [2.24, 2.45) is 5.73 Å². The third-order valence-corrected chi connectivity index (χ3v) is 6.82. The standard InChI is InChI=1S/C27H32N6O3.H2S/c28-17-21-16-22(6-7-24(21)32-11-13-36-14-12-32)30-27-29-9-8-23(31-27)20-4-1-3-19(15-20)18-33-10-2-5-25(33)26(34)35;/h1,3-4,6-9,15-16,25H,2,5,10-14,17-18,28H2,(H,34,35)(H,29,30,31);1H2. The minimum Gasteiger partial charge on any atom is -0.480 e. The summed E-state index contributed by atoms with van der Waals surface area (Å²) in [4.78, 5) is 25.0. The molecule has 0 amide bonds. The van der Waals surface area contributed by atoms with Gasteiger partial charge in [0.05, 0.1) is 18.9 Å². The molecule has 37 heavy (non-hydrogen) atoms. The van der Waals surface area contributed by atoms with Gasteiger partial charge in [0.2, 0.25) is 5.95 Å². The van der Waals surface area contributed by atoms with Crippen LogP contribution in [0.2, 0.25) is 0 Å². The van der Waals surface area contributed by atoms with E-state index >= 15 is 0 Å². The van der Waals surface area contributed by atoms with Gasteiger partial charge in [0.25, 0.3) is 0 Å². The van der Waals surface area contributed by atoms with E-state index in [1.165, 1.54) is 0 Å². The number of nitrogens with two attached hydrogens (primary N) is 1. The predicted molar refractivity (Wildman–Crippen MR) is 150 cm³/mol. The number of ether oxygens (including phenoxy) is 1. The molecular weight excluding hydrogens is 488 g/mol. The number of hydrogen-bond donors (Lipinski definition) is 3. The van der Waals surface area contributed by atoms with Crippen LogP contribution in [-0.2, 0) is 22.6 Å². The molecule has 3 aromatic rings. The van der Waals surface area contributed by atoms with Crippen LogP contribution in [0.1, 0.15) is 24.0 Å². The van der Waals surface area contributed by atoms with E-state index in [2.05, 4.69) is 33.4 Å². The lowest BCUT2D eigenvalue weighted by molar-refractivity contribution is -0.142. The monoisotopic (exact) mass is 522 g/mol. The summed E-state index contributed by atoms with van der Waals surface area (Å²) in [7, 11) is 0. The molecule has 0 bridgehead atoms. The van der Waals surface area contributed by atoms with Crippen LogP contribution in [-0.4, -0.2) is 64.8 Å². The third-order valence-electron chi connectivity index (χ3n) is 6.82. The van der Waals surface area contributed by atoms with Crippen LogP contribution < -0.4 is 16.0 Å². The molecule has 1 atom stereocenters. The summed E-state index contributed by atoms with van der Waals surface area (Å²) >= 11 is 0. The minimum atomic E-state index is -0.744. The molecule has 3 heterocycles. The van der Waals surface area contributed by atoms with Gasteiger partial charge in [-0.2, -0.15) is 13.5 Å². The van der Waals surface area contributed by atoms with Crippen molar-refractivity contribution < 1.29 is 14.6 Å². The van der Waals surface area contributed by atoms with E-state index in [-0.39, 0.29) is 13.5 Å². The zero-order valence-corrected chi connectivity index (χ0v) is 21.8. The largest absolute Gasteiger partial charge is 0.480 e. The highest BCUT2D eigenvalue weighted by molar-refractivity contribution is 7.59. The molecule has 1 unspecified atom stereocenters. The van der Waals surface area contributed by atoms with Crippen LogP contribution in [0.15, 0.2) is 54.7 Å². The maximum absolute atomic E-state index is 11.5. The normalized spacial score (nSPS) is 17.9. The Hall–Kier alpha value is -3.18. The van der Waals surface area contributed by atoms with E-state index in [0.29, 0.717) is 25.5 Å². The van der Waals surface area contributed by atoms with Crippen molar-refractivity contribution in [3.05, 3.63) is 65.9 Å². The van der Waals surface area contributed by atoms with Crippen LogP contribution in [0.5, 0.6) is 0 Å². The van der Waals surface area contributed by atoms with Crippen LogP contribution in [0.3, 0.4) is 0 Å². The molecular formula is C27H34N6O3S. The lowest BCUT2D eigenvalue weighted by atomic mass is 10.1. The van der Waals surface area contributed by atoms with Crippen molar-refractivity contribution in [1.29, 1.82) is 0 Å². The quantitative estimate of drug-likeness (QED) is 0.409. The van der Waals surface area contributed by atoms with Gasteiger partial charge >= 0.3 is 5.97 Å². The van der Waals surface area contributed by atoms with Gasteiger partial charge in [0.1, 0.15) is 6.04 Å². The second-order valence-corrected chi connectivity index (χ2v) is 9.20. The van der Waals surface area contributed by atoms with Gasteiger partial charge in [-0.1, -0.05) is 18.2 Å². The number of carboxylic acids is 1. The maximum atomic E-state index is 11.5. The summed E-state index contributed by atoms with van der Waals surface area (Å²) < 4.78 is 5.47. The van der Waals surface area contributed by atoms with Crippen LogP contribution in [0, 0.1) is 0 Å². The molecule has 0 radical (unpaired) electrons. The fraction of sp³-hybridized carbons (Fsp3) is 0.370. The van der Waals surface area contributed by atoms with Crippen molar-refractivity contribution in [3.63, 3.8) is 0 Å². The van der Waals surface area contributed by atoms with E-state index in [1.54, 1.807) is 6.20 Å². The Labute approximate surface area is 224 Å². The van der Waals surface area contributed by atoms with E-state index in [4.69, 9.17) is 15.5 Å². The number of nitrogens with one attached hydrogen (secondary N) is 1. The molecule has 0 saturated carbocycles. The fourth-order valence-electron chi connectivity index (χ4n) is 5.01. The molecule has 4 N–H and O–H groups in total. The average molecular weight is 523 g/mol. The number of benzene rings is 2. The molecule has 2 fully saturated rings. The summed E-state index contributed by atoms with van der Waals surface area (Å²) in [5, 5.41) is 12.8. The number of aliphatic carboxylic acids is 1. The van der Waals surface area contributed by atoms with Gasteiger partial charge in [-0.15, -0.1) is 0 Å². The molecule has 1 aromatic heterocycles. The van der Waals surface area contributed by atoms with Gasteiger partial charge in [0, 0.05) is 49.3 Å². The summed E-state index contributed by atoms with van der Waals surface area (Å²) in [6.45, 7) is 5.03. The summed E-state index contributed by atoms with van der Waals surface area (Å²) in [5.41, 5.74) is 12.0. The number of nitrogens with zero attached hydrogens (tertiary/aromatic N) is 4. The molecule has 2 saturated heterocycles. The lowest BCUT2D eigenvalue weighted by Gasteiger charge is -2.30. The second-order valence-electron chi connectivity index (χ2n) is 9.20. The number of carbonyl (C=O) groups is 1. The van der Waals surface area contributed by atoms with Crippen molar-refractivity contribution >= 4 is 36.8 Å². The second kappa shape index (κ2) is 12.4. The maximum Gasteiger partial charge on any atom is 0.320 e. The van der Waals surface area contributed by atoms with Crippen molar-refractivity contribution in [1.82, 2.24) is 14.9 Å². The molecule has 10 heteroatoms. The molecule has 2 aromatic carbocycles. The first kappa shape index (κ1) is 26.9. The van der Waals surface area contributed by atoms with E-state index in [1.807, 2.05) is 35.2 Å². The molecule has 2 aliphatic rings. The minimum absolute atomic E-state index is 0. The van der Waals surface area contributed by atoms with Crippen LogP contribution in [0.4, 0.5) is 17.3 Å². The number of anilines is 3. The average Bonchev–Trinajstić information content (AvgIpc) is 3.38. The number of rotatable bonds is 8. The smallest absolute Gasteiger partial charge is 0.320 e. The molecule has 9 nitrogen and oxygen atoms in total. The van der Waals surface area contributed by atoms with Crippen LogP contribution in [0.25, 0.3) is 11.3 Å². The SMILES string of the molecule is NCc1cc(Nc2nccc(-c3cccc(CN4CCCC4C(=O)O)c3)n2)ccc1N1CCOCC1.S. The Morgan fingerprint density at radius 3 is 2.76 bits per heavy atom. The Balaban J connectivity index is 0.00000320. The molecule has 0 aliphatic carbocycles. The topological polar surface area (TPSA) is 117 Å². The first-order valence-corrected chi connectivity index (χ1v) is 12.4. The Bertz CT molecular complexity index is 1220. The molecule has 196 valence electrons. The summed E-state index contributed by atoms with van der Waals surface area (Å²) in [5.74, 6) is -0.239. The number of morpholine rings is 1. The highest BCUT2D eigenvalue weighted by Gasteiger charge is 2.30. The molecule has 0 spiro atoms. The number of carboxylic acid groups (broad SMARTS) is 1. The molecule has 5 rings (SSSR count). The number of aromatic nitrogens is 2. The third kappa shape index (κ3) is 6.40. The van der Waals surface area contributed by atoms with E-state index in [0.717, 1.165) is 73.0 Å².